The number of carbonyl (C=O) groups is 1. The summed E-state index contributed by atoms with van der Waals surface area (Å²) >= 11 is 0. The highest BCUT2D eigenvalue weighted by atomic mass is 16.6. The van der Waals surface area contributed by atoms with Crippen molar-refractivity contribution < 1.29 is 14.6 Å². The minimum absolute atomic E-state index is 0.193. The third-order valence-corrected chi connectivity index (χ3v) is 2.85. The Hall–Kier alpha value is -1.55. The molecule has 0 aromatic heterocycles. The molecule has 2 rings (SSSR count). The molecule has 0 amide bonds. The van der Waals surface area contributed by atoms with Gasteiger partial charge in [0.15, 0.2) is 0 Å². The summed E-state index contributed by atoms with van der Waals surface area (Å²) in [6.45, 7) is 5.57. The van der Waals surface area contributed by atoms with Gasteiger partial charge < -0.3 is 9.84 Å². The average Bonchev–Trinajstić information content (AvgIpc) is 3.08. The van der Waals surface area contributed by atoms with Crippen LogP contribution in [-0.2, 0) is 9.53 Å². The summed E-state index contributed by atoms with van der Waals surface area (Å²) in [6, 6.07) is 6.60. The molecule has 1 aromatic rings. The fraction of sp³-hybridized carbons (Fsp3) is 0.533. The monoisotopic (exact) mass is 263 g/mol. The lowest BCUT2D eigenvalue weighted by Gasteiger charge is -2.25. The number of hydrogen-bond donors (Lipinski definition) is 2. The smallest absolute Gasteiger partial charge is 0.328 e. The van der Waals surface area contributed by atoms with Crippen LogP contribution in [-0.4, -0.2) is 22.7 Å². The molecule has 4 heteroatoms. The van der Waals surface area contributed by atoms with Crippen LogP contribution in [0.25, 0.3) is 0 Å². The zero-order valence-corrected chi connectivity index (χ0v) is 11.6. The first-order valence-corrected chi connectivity index (χ1v) is 6.63. The number of phenols is 1. The maximum Gasteiger partial charge on any atom is 0.328 e. The number of esters is 1. The number of nitrogens with one attached hydrogen (secondary N) is 1. The molecule has 0 spiro atoms. The van der Waals surface area contributed by atoms with Gasteiger partial charge in [0, 0.05) is 6.04 Å². The van der Waals surface area contributed by atoms with Gasteiger partial charge in [0.05, 0.1) is 0 Å². The molecule has 1 unspecified atom stereocenters. The molecule has 0 bridgehead atoms. The molecular weight excluding hydrogens is 242 g/mol. The predicted molar refractivity (Wildman–Crippen MR) is 72.9 cm³/mol. The van der Waals surface area contributed by atoms with Gasteiger partial charge in [-0.2, -0.15) is 0 Å². The molecule has 4 nitrogen and oxygen atoms in total. The van der Waals surface area contributed by atoms with E-state index >= 15 is 0 Å². The summed E-state index contributed by atoms with van der Waals surface area (Å²) in [7, 11) is 0. The fourth-order valence-corrected chi connectivity index (χ4v) is 1.81. The fourth-order valence-electron chi connectivity index (χ4n) is 1.81. The van der Waals surface area contributed by atoms with Crippen LogP contribution < -0.4 is 5.32 Å². The second-order valence-electron chi connectivity index (χ2n) is 6.00. The normalized spacial score (nSPS) is 17.0. The van der Waals surface area contributed by atoms with Crippen molar-refractivity contribution in [2.24, 2.45) is 0 Å². The number of aromatic hydroxyl groups is 1. The van der Waals surface area contributed by atoms with Crippen LogP contribution in [0.15, 0.2) is 24.3 Å². The number of ether oxygens (including phenoxy) is 1. The van der Waals surface area contributed by atoms with Gasteiger partial charge in [0.2, 0.25) is 0 Å². The van der Waals surface area contributed by atoms with Gasteiger partial charge in [-0.25, -0.2) is 4.79 Å². The number of rotatable bonds is 4. The molecule has 1 aromatic carbocycles. The number of benzene rings is 1. The minimum Gasteiger partial charge on any atom is -0.508 e. The second-order valence-corrected chi connectivity index (χ2v) is 6.00. The molecule has 2 N–H and O–H groups in total. The first-order valence-electron chi connectivity index (χ1n) is 6.63. The van der Waals surface area contributed by atoms with E-state index in [1.165, 1.54) is 0 Å². The maximum atomic E-state index is 12.3. The van der Waals surface area contributed by atoms with Gasteiger partial charge >= 0.3 is 5.97 Å². The molecule has 1 fully saturated rings. The van der Waals surface area contributed by atoms with E-state index < -0.39 is 11.6 Å². The van der Waals surface area contributed by atoms with Crippen LogP contribution in [0, 0.1) is 0 Å². The Balaban J connectivity index is 2.14. The Bertz CT molecular complexity index is 443. The molecule has 1 aliphatic rings. The average molecular weight is 263 g/mol. The zero-order chi connectivity index (χ0) is 14.0. The van der Waals surface area contributed by atoms with Crippen LogP contribution >= 0.6 is 0 Å². The predicted octanol–water partition coefficient (Wildman–Crippen LogP) is 2.53. The van der Waals surface area contributed by atoms with Crippen LogP contribution in [0.1, 0.15) is 45.2 Å². The molecule has 0 aliphatic heterocycles. The summed E-state index contributed by atoms with van der Waals surface area (Å²) < 4.78 is 5.45. The van der Waals surface area contributed by atoms with Gasteiger partial charge in [0.25, 0.3) is 0 Å². The van der Waals surface area contributed by atoms with Crippen LogP contribution in [0.4, 0.5) is 0 Å². The lowest BCUT2D eigenvalue weighted by Crippen LogP contribution is -2.36. The molecule has 104 valence electrons. The van der Waals surface area contributed by atoms with E-state index in [0.29, 0.717) is 6.04 Å². The molecule has 0 heterocycles. The molecular formula is C15H21NO3. The van der Waals surface area contributed by atoms with Gasteiger partial charge in [-0.3, -0.25) is 5.32 Å². The zero-order valence-electron chi connectivity index (χ0n) is 11.6. The van der Waals surface area contributed by atoms with Gasteiger partial charge in [0.1, 0.15) is 17.4 Å². The molecule has 0 radical (unpaired) electrons. The number of hydrogen-bond acceptors (Lipinski definition) is 4. The Kier molecular flexibility index (Phi) is 3.80. The van der Waals surface area contributed by atoms with Crippen molar-refractivity contribution in [2.75, 3.05) is 0 Å². The van der Waals surface area contributed by atoms with Crippen molar-refractivity contribution >= 4 is 5.97 Å². The highest BCUT2D eigenvalue weighted by molar-refractivity contribution is 5.78. The quantitative estimate of drug-likeness (QED) is 0.820. The second kappa shape index (κ2) is 5.21. The first kappa shape index (κ1) is 13.9. The summed E-state index contributed by atoms with van der Waals surface area (Å²) in [5, 5.41) is 12.6. The van der Waals surface area contributed by atoms with E-state index in [1.54, 1.807) is 24.3 Å². The number of phenolic OH excluding ortho intramolecular Hbond substituents is 1. The first-order chi connectivity index (χ1) is 8.85. The lowest BCUT2D eigenvalue weighted by atomic mass is 10.1. The molecule has 1 saturated carbocycles. The van der Waals surface area contributed by atoms with E-state index in [9.17, 15) is 9.90 Å². The van der Waals surface area contributed by atoms with Crippen LogP contribution in [0.2, 0.25) is 0 Å². The summed E-state index contributed by atoms with van der Waals surface area (Å²) in [4.78, 5) is 12.3. The van der Waals surface area contributed by atoms with E-state index in [2.05, 4.69) is 5.32 Å². The third-order valence-electron chi connectivity index (χ3n) is 2.85. The van der Waals surface area contributed by atoms with E-state index in [1.807, 2.05) is 20.8 Å². The van der Waals surface area contributed by atoms with Crippen molar-refractivity contribution in [1.29, 1.82) is 0 Å². The van der Waals surface area contributed by atoms with Crippen molar-refractivity contribution in [2.45, 2.75) is 51.3 Å². The third kappa shape index (κ3) is 4.24. The standard InChI is InChI=1S/C15H21NO3/c1-15(2,3)19-14(18)13(16-11-6-7-11)10-4-8-12(17)9-5-10/h4-5,8-9,11,13,16-17H,6-7H2,1-3H3. The van der Waals surface area contributed by atoms with Gasteiger partial charge in [-0.15, -0.1) is 0 Å². The summed E-state index contributed by atoms with van der Waals surface area (Å²) in [6.07, 6.45) is 2.19. The van der Waals surface area contributed by atoms with Crippen molar-refractivity contribution in [3.8, 4) is 5.75 Å². The van der Waals surface area contributed by atoms with E-state index in [-0.39, 0.29) is 11.7 Å². The Labute approximate surface area is 113 Å². The Morgan fingerprint density at radius 3 is 2.37 bits per heavy atom. The minimum atomic E-state index is -0.502. The highest BCUT2D eigenvalue weighted by Crippen LogP contribution is 2.27. The summed E-state index contributed by atoms with van der Waals surface area (Å²) in [5.41, 5.74) is 0.316. The van der Waals surface area contributed by atoms with Crippen molar-refractivity contribution in [3.63, 3.8) is 0 Å². The van der Waals surface area contributed by atoms with Gasteiger partial charge in [-0.05, 0) is 51.3 Å². The van der Waals surface area contributed by atoms with E-state index in [4.69, 9.17) is 4.74 Å². The topological polar surface area (TPSA) is 58.6 Å². The van der Waals surface area contributed by atoms with Crippen molar-refractivity contribution in [1.82, 2.24) is 5.32 Å². The van der Waals surface area contributed by atoms with Crippen LogP contribution in [0.3, 0.4) is 0 Å². The SMILES string of the molecule is CC(C)(C)OC(=O)C(NC1CC1)c1ccc(O)cc1. The molecule has 19 heavy (non-hydrogen) atoms. The Morgan fingerprint density at radius 2 is 1.89 bits per heavy atom. The largest absolute Gasteiger partial charge is 0.508 e. The highest BCUT2D eigenvalue weighted by Gasteiger charge is 2.32. The van der Waals surface area contributed by atoms with Gasteiger partial charge in [-0.1, -0.05) is 12.1 Å². The molecule has 1 atom stereocenters. The number of carbonyl (C=O) groups excluding carboxylic acids is 1. The maximum absolute atomic E-state index is 12.3. The summed E-state index contributed by atoms with van der Waals surface area (Å²) in [5.74, 6) is -0.0804. The Morgan fingerprint density at radius 1 is 1.32 bits per heavy atom. The lowest BCUT2D eigenvalue weighted by molar-refractivity contribution is -0.157. The van der Waals surface area contributed by atoms with Crippen LogP contribution in [0.5, 0.6) is 5.75 Å². The van der Waals surface area contributed by atoms with E-state index in [0.717, 1.165) is 18.4 Å². The van der Waals surface area contributed by atoms with Crippen molar-refractivity contribution in [3.05, 3.63) is 29.8 Å². The molecule has 1 aliphatic carbocycles. The molecule has 0 saturated heterocycles.